The maximum absolute atomic E-state index is 11.9. The Bertz CT molecular complexity index is 777. The van der Waals surface area contributed by atoms with Gasteiger partial charge in [-0.25, -0.2) is 4.98 Å². The summed E-state index contributed by atoms with van der Waals surface area (Å²) in [6, 6.07) is 11.7. The average molecular weight is 310 g/mol. The lowest BCUT2D eigenvalue weighted by Crippen LogP contribution is -2.25. The summed E-state index contributed by atoms with van der Waals surface area (Å²) in [6.07, 6.45) is 4.54. The van der Waals surface area contributed by atoms with Crippen LogP contribution in [0.4, 0.5) is 0 Å². The molecule has 1 amide bonds. The van der Waals surface area contributed by atoms with E-state index in [4.69, 9.17) is 4.52 Å². The van der Waals surface area contributed by atoms with Crippen LogP contribution in [0.3, 0.4) is 0 Å². The smallest absolute Gasteiger partial charge is 0.273 e. The highest BCUT2D eigenvalue weighted by atomic mass is 16.5. The molecule has 3 aromatic rings. The van der Waals surface area contributed by atoms with Gasteiger partial charge in [0, 0.05) is 37.1 Å². The number of aryl methyl sites for hydroxylation is 2. The van der Waals surface area contributed by atoms with Gasteiger partial charge in [-0.2, -0.15) is 0 Å². The second-order valence-corrected chi connectivity index (χ2v) is 5.24. The number of imidazole rings is 1. The van der Waals surface area contributed by atoms with E-state index in [0.29, 0.717) is 18.0 Å². The van der Waals surface area contributed by atoms with Crippen molar-refractivity contribution in [2.24, 2.45) is 0 Å². The van der Waals surface area contributed by atoms with Gasteiger partial charge in [-0.3, -0.25) is 4.79 Å². The summed E-state index contributed by atoms with van der Waals surface area (Å²) in [5.41, 5.74) is 1.40. The molecule has 6 heteroatoms. The molecule has 0 aliphatic carbocycles. The van der Waals surface area contributed by atoms with E-state index in [1.807, 2.05) is 36.5 Å². The van der Waals surface area contributed by atoms with Crippen molar-refractivity contribution in [1.82, 2.24) is 20.0 Å². The maximum atomic E-state index is 11.9. The topological polar surface area (TPSA) is 73.0 Å². The number of hydrogen-bond donors (Lipinski definition) is 1. The van der Waals surface area contributed by atoms with Gasteiger partial charge in [-0.05, 0) is 13.3 Å². The van der Waals surface area contributed by atoms with Gasteiger partial charge in [0.25, 0.3) is 5.91 Å². The van der Waals surface area contributed by atoms with Gasteiger partial charge in [0.1, 0.15) is 11.6 Å². The molecule has 3 rings (SSSR count). The van der Waals surface area contributed by atoms with Crippen LogP contribution in [-0.2, 0) is 6.54 Å². The van der Waals surface area contributed by atoms with Crippen LogP contribution < -0.4 is 5.32 Å². The van der Waals surface area contributed by atoms with Crippen molar-refractivity contribution in [3.63, 3.8) is 0 Å². The molecular formula is C17H18N4O2. The summed E-state index contributed by atoms with van der Waals surface area (Å²) in [5.74, 6) is 1.35. The molecule has 0 aliphatic heterocycles. The van der Waals surface area contributed by atoms with Crippen molar-refractivity contribution in [2.45, 2.75) is 19.9 Å². The van der Waals surface area contributed by atoms with E-state index in [2.05, 4.69) is 20.0 Å². The normalized spacial score (nSPS) is 10.7. The van der Waals surface area contributed by atoms with Crippen molar-refractivity contribution in [3.05, 3.63) is 60.2 Å². The van der Waals surface area contributed by atoms with Gasteiger partial charge in [0.05, 0.1) is 0 Å². The Balaban J connectivity index is 1.52. The third kappa shape index (κ3) is 3.66. The largest absolute Gasteiger partial charge is 0.361 e. The second-order valence-electron chi connectivity index (χ2n) is 5.24. The zero-order chi connectivity index (χ0) is 16.1. The van der Waals surface area contributed by atoms with E-state index >= 15 is 0 Å². The van der Waals surface area contributed by atoms with Gasteiger partial charge >= 0.3 is 0 Å². The number of carbonyl (C=O) groups excluding carboxylic acids is 1. The van der Waals surface area contributed by atoms with Crippen LogP contribution in [0.2, 0.25) is 0 Å². The first kappa shape index (κ1) is 15.0. The number of nitrogens with zero attached hydrogens (tertiary/aromatic N) is 3. The molecule has 0 atom stereocenters. The Morgan fingerprint density at radius 2 is 2.13 bits per heavy atom. The number of carbonyl (C=O) groups is 1. The maximum Gasteiger partial charge on any atom is 0.273 e. The zero-order valence-electron chi connectivity index (χ0n) is 12.9. The van der Waals surface area contributed by atoms with E-state index in [1.165, 1.54) is 0 Å². The van der Waals surface area contributed by atoms with Crippen molar-refractivity contribution >= 4 is 5.91 Å². The van der Waals surface area contributed by atoms with Crippen LogP contribution in [0.5, 0.6) is 0 Å². The highest BCUT2D eigenvalue weighted by Gasteiger charge is 2.10. The summed E-state index contributed by atoms with van der Waals surface area (Å²) < 4.78 is 6.98. The fourth-order valence-electron chi connectivity index (χ4n) is 2.35. The number of amides is 1. The van der Waals surface area contributed by atoms with Crippen LogP contribution in [0.15, 0.2) is 53.3 Å². The molecule has 0 saturated heterocycles. The van der Waals surface area contributed by atoms with Crippen LogP contribution in [0.1, 0.15) is 22.7 Å². The summed E-state index contributed by atoms with van der Waals surface area (Å²) in [5, 5.41) is 6.53. The summed E-state index contributed by atoms with van der Waals surface area (Å²) in [7, 11) is 0. The molecule has 0 spiro atoms. The standard InChI is InChI=1S/C17H18N4O2/c1-13-12-15(20-23-13)17(22)19-8-5-10-21-11-9-18-16(21)14-6-3-2-4-7-14/h2-4,6-7,9,11-12H,5,8,10H2,1H3,(H,19,22). The lowest BCUT2D eigenvalue weighted by molar-refractivity contribution is 0.0943. The highest BCUT2D eigenvalue weighted by molar-refractivity contribution is 5.92. The monoisotopic (exact) mass is 310 g/mol. The number of hydrogen-bond acceptors (Lipinski definition) is 4. The zero-order valence-corrected chi connectivity index (χ0v) is 12.9. The molecular weight excluding hydrogens is 292 g/mol. The second kappa shape index (κ2) is 6.91. The Labute approximate surface area is 134 Å². The summed E-state index contributed by atoms with van der Waals surface area (Å²) in [4.78, 5) is 16.3. The van der Waals surface area contributed by atoms with Gasteiger partial charge < -0.3 is 14.4 Å². The number of rotatable bonds is 6. The van der Waals surface area contributed by atoms with E-state index in [1.54, 1.807) is 19.2 Å². The van der Waals surface area contributed by atoms with E-state index in [9.17, 15) is 4.79 Å². The molecule has 0 fully saturated rings. The molecule has 2 aromatic heterocycles. The number of aromatic nitrogens is 3. The Morgan fingerprint density at radius 1 is 1.30 bits per heavy atom. The van der Waals surface area contributed by atoms with Crippen molar-refractivity contribution < 1.29 is 9.32 Å². The Hall–Kier alpha value is -2.89. The molecule has 23 heavy (non-hydrogen) atoms. The molecule has 0 unspecified atom stereocenters. The van der Waals surface area contributed by atoms with Gasteiger partial charge in [-0.15, -0.1) is 0 Å². The minimum atomic E-state index is -0.212. The third-order valence-electron chi connectivity index (χ3n) is 3.47. The van der Waals surface area contributed by atoms with Crippen LogP contribution in [0.25, 0.3) is 11.4 Å². The van der Waals surface area contributed by atoms with Crippen molar-refractivity contribution in [1.29, 1.82) is 0 Å². The first-order chi connectivity index (χ1) is 11.2. The quantitative estimate of drug-likeness (QED) is 0.710. The summed E-state index contributed by atoms with van der Waals surface area (Å²) in [6.45, 7) is 3.10. The molecule has 1 aromatic carbocycles. The highest BCUT2D eigenvalue weighted by Crippen LogP contribution is 2.16. The molecule has 0 saturated carbocycles. The third-order valence-corrected chi connectivity index (χ3v) is 3.47. The van der Waals surface area contributed by atoms with Gasteiger partial charge in [-0.1, -0.05) is 35.5 Å². The van der Waals surface area contributed by atoms with Crippen LogP contribution >= 0.6 is 0 Å². The fraction of sp³-hybridized carbons (Fsp3) is 0.235. The predicted octanol–water partition coefficient (Wildman–Crippen LogP) is 2.67. The predicted molar refractivity (Wildman–Crippen MR) is 85.9 cm³/mol. The fourth-order valence-corrected chi connectivity index (χ4v) is 2.35. The summed E-state index contributed by atoms with van der Waals surface area (Å²) >= 11 is 0. The molecule has 0 bridgehead atoms. The van der Waals surface area contributed by atoms with Crippen molar-refractivity contribution in [3.8, 4) is 11.4 Å². The molecule has 6 nitrogen and oxygen atoms in total. The van der Waals surface area contributed by atoms with Gasteiger partial charge in [0.2, 0.25) is 0 Å². The molecule has 1 N–H and O–H groups in total. The SMILES string of the molecule is Cc1cc(C(=O)NCCCn2ccnc2-c2ccccc2)no1. The van der Waals surface area contributed by atoms with E-state index in [0.717, 1.165) is 24.4 Å². The van der Waals surface area contributed by atoms with E-state index < -0.39 is 0 Å². The lowest BCUT2D eigenvalue weighted by atomic mass is 10.2. The van der Waals surface area contributed by atoms with E-state index in [-0.39, 0.29) is 5.91 Å². The Kier molecular flexibility index (Phi) is 4.52. The molecule has 0 radical (unpaired) electrons. The first-order valence-corrected chi connectivity index (χ1v) is 7.52. The first-order valence-electron chi connectivity index (χ1n) is 7.52. The molecule has 2 heterocycles. The average Bonchev–Trinajstić information content (AvgIpc) is 3.21. The van der Waals surface area contributed by atoms with Gasteiger partial charge in [0.15, 0.2) is 5.69 Å². The molecule has 118 valence electrons. The number of nitrogens with one attached hydrogen (secondary N) is 1. The minimum absolute atomic E-state index is 0.212. The lowest BCUT2D eigenvalue weighted by Gasteiger charge is -2.08. The van der Waals surface area contributed by atoms with Crippen molar-refractivity contribution in [2.75, 3.05) is 6.54 Å². The Morgan fingerprint density at radius 3 is 2.87 bits per heavy atom. The minimum Gasteiger partial charge on any atom is -0.361 e. The van der Waals surface area contributed by atoms with Crippen LogP contribution in [-0.4, -0.2) is 27.2 Å². The molecule has 0 aliphatic rings. The number of benzene rings is 1. The van der Waals surface area contributed by atoms with Crippen LogP contribution in [0, 0.1) is 6.92 Å².